The van der Waals surface area contributed by atoms with E-state index >= 15 is 0 Å². The molecule has 2 amide bonds. The first kappa shape index (κ1) is 70.7. The van der Waals surface area contributed by atoms with Gasteiger partial charge in [0, 0.05) is 19.8 Å². The number of aliphatic hydroxyl groups is 11. The van der Waals surface area contributed by atoms with Gasteiger partial charge in [-0.2, -0.15) is 0 Å². The molecule has 0 aliphatic carbocycles. The van der Waals surface area contributed by atoms with Crippen molar-refractivity contribution in [3.63, 3.8) is 0 Å². The molecule has 3 aliphatic rings. The van der Waals surface area contributed by atoms with Gasteiger partial charge < -0.3 is 100 Å². The van der Waals surface area contributed by atoms with Crippen molar-refractivity contribution in [2.75, 3.05) is 26.4 Å². The van der Waals surface area contributed by atoms with Gasteiger partial charge in [-0.3, -0.25) is 9.59 Å². The Morgan fingerprint density at radius 1 is 0.646 bits per heavy atom. The predicted octanol–water partition coefficient (Wildman–Crippen LogP) is 2.00. The van der Waals surface area contributed by atoms with E-state index < -0.39 is 148 Å². The monoisotopic (exact) mass is 1140 g/mol. The number of amides is 2. The number of nitrogens with one attached hydrogen (secondary N) is 2. The van der Waals surface area contributed by atoms with Crippen molar-refractivity contribution in [1.82, 2.24) is 10.6 Å². The summed E-state index contributed by atoms with van der Waals surface area (Å²) in [4.78, 5) is 38.3. The van der Waals surface area contributed by atoms with E-state index in [9.17, 15) is 75.7 Å². The number of aliphatic hydroxyl groups excluding tert-OH is 11. The van der Waals surface area contributed by atoms with Crippen molar-refractivity contribution in [3.05, 3.63) is 12.2 Å². The molecular formula is C56H102N2O21. The van der Waals surface area contributed by atoms with Crippen molar-refractivity contribution in [2.24, 2.45) is 0 Å². The molecule has 3 rings (SSSR count). The SMILES string of the molecule is CCCCCCCC/C=C\CCCCCC(=O)NC(COC1OC(CO)C(OC2OC(CO)C(O)C(OC3(C(=O)O)CC(O)C(NC(C)=O)C(C(O)C(O)CO)O3)C2O)C(O)C1O)C(O)CCCCCCCCCCCCCC. The summed E-state index contributed by atoms with van der Waals surface area (Å²) in [7, 11) is 0. The minimum atomic E-state index is -3.08. The van der Waals surface area contributed by atoms with Gasteiger partial charge in [0.1, 0.15) is 67.1 Å². The first-order valence-corrected chi connectivity index (χ1v) is 29.5. The zero-order chi connectivity index (χ0) is 58.3. The summed E-state index contributed by atoms with van der Waals surface area (Å²) in [6.45, 7) is 2.12. The van der Waals surface area contributed by atoms with Crippen LogP contribution in [0, 0.1) is 0 Å². The third-order valence-electron chi connectivity index (χ3n) is 15.2. The highest BCUT2D eigenvalue weighted by Crippen LogP contribution is 2.38. The lowest BCUT2D eigenvalue weighted by molar-refractivity contribution is -0.386. The van der Waals surface area contributed by atoms with Crippen LogP contribution in [0.4, 0.5) is 0 Å². The lowest BCUT2D eigenvalue weighted by atomic mass is 9.88. The Morgan fingerprint density at radius 2 is 1.18 bits per heavy atom. The fourth-order valence-corrected chi connectivity index (χ4v) is 10.4. The van der Waals surface area contributed by atoms with E-state index in [0.29, 0.717) is 19.3 Å². The summed E-state index contributed by atoms with van der Waals surface area (Å²) in [5.74, 6) is -6.12. The van der Waals surface area contributed by atoms with Crippen LogP contribution in [0.5, 0.6) is 0 Å². The van der Waals surface area contributed by atoms with E-state index in [0.717, 1.165) is 58.3 Å². The zero-order valence-electron chi connectivity index (χ0n) is 47.2. The van der Waals surface area contributed by atoms with Crippen molar-refractivity contribution < 1.29 is 104 Å². The molecule has 23 nitrogen and oxygen atoms in total. The number of carbonyl (C=O) groups is 3. The maximum atomic E-state index is 13.3. The van der Waals surface area contributed by atoms with Crippen LogP contribution < -0.4 is 10.6 Å². The Hall–Kier alpha value is -2.53. The molecule has 79 heavy (non-hydrogen) atoms. The van der Waals surface area contributed by atoms with Crippen LogP contribution in [-0.2, 0) is 42.8 Å². The minimum Gasteiger partial charge on any atom is -0.477 e. The largest absolute Gasteiger partial charge is 0.477 e. The topological polar surface area (TPSA) is 373 Å². The van der Waals surface area contributed by atoms with E-state index in [-0.39, 0.29) is 18.9 Å². The second-order valence-electron chi connectivity index (χ2n) is 21.9. The molecule has 3 heterocycles. The molecule has 0 saturated carbocycles. The number of hydrogen-bond donors (Lipinski definition) is 14. The standard InChI is InChI=1S/C56H102N2O21/c1-4-6-8-10-12-14-16-18-20-22-24-26-28-30-43(66)58-37(38(63)29-27-25-23-21-19-17-15-13-11-9-7-5-2)35-74-53-48(70)47(69)50(42(34-61)76-53)77-54-49(71)52(46(68)41(33-60)75-54)79-56(55(72)73)31-39(64)44(57-36(3)62)51(78-56)45(67)40(65)32-59/h18,20,37-42,44-54,59-61,63-65,67-71H,4-17,19,21-35H2,1-3H3,(H,57,62)(H,58,66)(H,72,73)/b20-18-. The molecule has 0 bridgehead atoms. The van der Waals surface area contributed by atoms with Crippen molar-refractivity contribution in [1.29, 1.82) is 0 Å². The number of ether oxygens (including phenoxy) is 6. The average Bonchev–Trinajstić information content (AvgIpc) is 3.50. The van der Waals surface area contributed by atoms with Crippen LogP contribution in [0.15, 0.2) is 12.2 Å². The van der Waals surface area contributed by atoms with Crippen LogP contribution in [-0.4, -0.2) is 215 Å². The highest BCUT2D eigenvalue weighted by Gasteiger charge is 2.60. The second-order valence-corrected chi connectivity index (χ2v) is 21.9. The number of allylic oxidation sites excluding steroid dienone is 2. The van der Waals surface area contributed by atoms with Gasteiger partial charge in [0.15, 0.2) is 12.6 Å². The maximum absolute atomic E-state index is 13.3. The molecule has 18 unspecified atom stereocenters. The second kappa shape index (κ2) is 39.1. The fraction of sp³-hybridized carbons (Fsp3) is 0.911. The zero-order valence-corrected chi connectivity index (χ0v) is 47.2. The number of carbonyl (C=O) groups excluding carboxylic acids is 2. The lowest BCUT2D eigenvalue weighted by Gasteiger charge is -2.50. The molecule has 0 aromatic rings. The van der Waals surface area contributed by atoms with Crippen LogP contribution in [0.3, 0.4) is 0 Å². The van der Waals surface area contributed by atoms with E-state index in [4.69, 9.17) is 28.4 Å². The van der Waals surface area contributed by atoms with Gasteiger partial charge >= 0.3 is 5.97 Å². The van der Waals surface area contributed by atoms with E-state index in [1.807, 2.05) is 0 Å². The van der Waals surface area contributed by atoms with E-state index in [1.54, 1.807) is 0 Å². The first-order chi connectivity index (χ1) is 37.9. The number of aliphatic carboxylic acids is 1. The van der Waals surface area contributed by atoms with Gasteiger partial charge in [-0.1, -0.05) is 142 Å². The summed E-state index contributed by atoms with van der Waals surface area (Å²) < 4.78 is 34.7. The minimum absolute atomic E-state index is 0.203. The van der Waals surface area contributed by atoms with Gasteiger partial charge in [-0.05, 0) is 38.5 Å². The first-order valence-electron chi connectivity index (χ1n) is 29.5. The molecule has 0 aromatic heterocycles. The summed E-state index contributed by atoms with van der Waals surface area (Å²) in [6.07, 6.45) is 1.12. The average molecular weight is 1140 g/mol. The van der Waals surface area contributed by atoms with Crippen LogP contribution in [0.25, 0.3) is 0 Å². The summed E-state index contributed by atoms with van der Waals surface area (Å²) >= 11 is 0. The molecule has 23 heteroatoms. The van der Waals surface area contributed by atoms with Crippen molar-refractivity contribution >= 4 is 17.8 Å². The molecule has 3 fully saturated rings. The summed E-state index contributed by atoms with van der Waals surface area (Å²) in [5, 5.41) is 135. The Kier molecular flexibility index (Phi) is 35.0. The van der Waals surface area contributed by atoms with Crippen LogP contribution >= 0.6 is 0 Å². The fourth-order valence-electron chi connectivity index (χ4n) is 10.4. The number of carboxylic acids is 1. The van der Waals surface area contributed by atoms with Crippen LogP contribution in [0.1, 0.15) is 188 Å². The van der Waals surface area contributed by atoms with Gasteiger partial charge in [-0.15, -0.1) is 0 Å². The van der Waals surface area contributed by atoms with E-state index in [1.165, 1.54) is 83.5 Å². The number of rotatable bonds is 42. The summed E-state index contributed by atoms with van der Waals surface area (Å²) in [6, 6.07) is -2.53. The van der Waals surface area contributed by atoms with Gasteiger partial charge in [0.25, 0.3) is 5.79 Å². The molecule has 3 aliphatic heterocycles. The predicted molar refractivity (Wildman–Crippen MR) is 288 cm³/mol. The smallest absolute Gasteiger partial charge is 0.364 e. The van der Waals surface area contributed by atoms with Gasteiger partial charge in [-0.25, -0.2) is 4.79 Å². The van der Waals surface area contributed by atoms with E-state index in [2.05, 4.69) is 36.6 Å². The number of hydrogen-bond acceptors (Lipinski definition) is 20. The third-order valence-corrected chi connectivity index (χ3v) is 15.2. The molecule has 0 spiro atoms. The molecule has 3 saturated heterocycles. The van der Waals surface area contributed by atoms with Crippen molar-refractivity contribution in [2.45, 2.75) is 298 Å². The van der Waals surface area contributed by atoms with Crippen LogP contribution in [0.2, 0.25) is 0 Å². The van der Waals surface area contributed by atoms with Gasteiger partial charge in [0.2, 0.25) is 11.8 Å². The quantitative estimate of drug-likeness (QED) is 0.0307. The lowest BCUT2D eigenvalue weighted by Crippen LogP contribution is -2.70. The highest BCUT2D eigenvalue weighted by atomic mass is 16.8. The van der Waals surface area contributed by atoms with Crippen molar-refractivity contribution in [3.8, 4) is 0 Å². The maximum Gasteiger partial charge on any atom is 0.364 e. The Bertz CT molecular complexity index is 1680. The normalized spacial score (nSPS) is 30.9. The third kappa shape index (κ3) is 23.9. The molecule has 0 aromatic carbocycles. The number of carboxylic acid groups (broad SMARTS) is 1. The molecule has 462 valence electrons. The number of unbranched alkanes of at least 4 members (excludes halogenated alkanes) is 20. The molecular weight excluding hydrogens is 1040 g/mol. The highest BCUT2D eigenvalue weighted by molar-refractivity contribution is 5.77. The Morgan fingerprint density at radius 3 is 1.71 bits per heavy atom. The Labute approximate surface area is 467 Å². The molecule has 0 radical (unpaired) electrons. The van der Waals surface area contributed by atoms with Gasteiger partial charge in [0.05, 0.1) is 50.7 Å². The molecule has 18 atom stereocenters. The Balaban J connectivity index is 1.69. The molecule has 14 N–H and O–H groups in total. The summed E-state index contributed by atoms with van der Waals surface area (Å²) in [5.41, 5.74) is 0.